The van der Waals surface area contributed by atoms with Crippen molar-refractivity contribution < 1.29 is 4.79 Å². The normalized spacial score (nSPS) is 10.9. The van der Waals surface area contributed by atoms with Gasteiger partial charge in [0.2, 0.25) is 0 Å². The lowest BCUT2D eigenvalue weighted by Crippen LogP contribution is -2.22. The van der Waals surface area contributed by atoms with Gasteiger partial charge in [0.15, 0.2) is 0 Å². The van der Waals surface area contributed by atoms with Crippen LogP contribution in [0.25, 0.3) is 16.9 Å². The van der Waals surface area contributed by atoms with E-state index in [1.807, 2.05) is 84.5 Å². The summed E-state index contributed by atoms with van der Waals surface area (Å²) in [6.07, 6.45) is 3.85. The molecule has 3 aromatic heterocycles. The van der Waals surface area contributed by atoms with Crippen molar-refractivity contribution in [2.45, 2.75) is 6.54 Å². The van der Waals surface area contributed by atoms with Crippen LogP contribution in [0.2, 0.25) is 0 Å². The summed E-state index contributed by atoms with van der Waals surface area (Å²) in [7, 11) is 1.88. The molecule has 4 rings (SSSR count). The predicted molar refractivity (Wildman–Crippen MR) is 97.2 cm³/mol. The third-order valence-electron chi connectivity index (χ3n) is 4.19. The van der Waals surface area contributed by atoms with Gasteiger partial charge in [0, 0.05) is 26.0 Å². The molecule has 0 atom stereocenters. The third-order valence-corrected chi connectivity index (χ3v) is 4.19. The number of fused-ring (bicyclic) bond motifs is 1. The second kappa shape index (κ2) is 6.28. The Labute approximate surface area is 145 Å². The van der Waals surface area contributed by atoms with Gasteiger partial charge in [0.1, 0.15) is 5.69 Å². The Morgan fingerprint density at radius 2 is 1.84 bits per heavy atom. The second-order valence-corrected chi connectivity index (χ2v) is 5.94. The summed E-state index contributed by atoms with van der Waals surface area (Å²) in [6, 6.07) is 19.6. The first-order valence-corrected chi connectivity index (χ1v) is 8.14. The molecular weight excluding hydrogens is 312 g/mol. The van der Waals surface area contributed by atoms with E-state index in [-0.39, 0.29) is 5.91 Å². The van der Waals surface area contributed by atoms with E-state index < -0.39 is 0 Å². The molecule has 0 aliphatic carbocycles. The summed E-state index contributed by atoms with van der Waals surface area (Å²) in [5.41, 5.74) is 4.34. The smallest absolute Gasteiger partial charge is 0.253 e. The maximum atomic E-state index is 12.7. The van der Waals surface area contributed by atoms with Gasteiger partial charge in [0.25, 0.3) is 5.91 Å². The fourth-order valence-electron chi connectivity index (χ4n) is 2.96. The Balaban J connectivity index is 1.68. The van der Waals surface area contributed by atoms with E-state index >= 15 is 0 Å². The summed E-state index contributed by atoms with van der Waals surface area (Å²) in [5, 5.41) is 7.46. The Morgan fingerprint density at radius 3 is 2.60 bits per heavy atom. The van der Waals surface area contributed by atoms with Crippen LogP contribution in [0.1, 0.15) is 15.9 Å². The Kier molecular flexibility index (Phi) is 3.82. The fourth-order valence-corrected chi connectivity index (χ4v) is 2.96. The zero-order valence-corrected chi connectivity index (χ0v) is 13.9. The number of carbonyl (C=O) groups is 1. The first-order chi connectivity index (χ1) is 12.2. The minimum Gasteiger partial charge on any atom is -0.348 e. The molecule has 1 amide bonds. The molecule has 5 heteroatoms. The van der Waals surface area contributed by atoms with Crippen LogP contribution in [0.4, 0.5) is 0 Å². The molecule has 0 fully saturated rings. The van der Waals surface area contributed by atoms with Crippen molar-refractivity contribution in [2.24, 2.45) is 7.05 Å². The number of aryl methyl sites for hydroxylation is 1. The average Bonchev–Trinajstić information content (AvgIpc) is 3.24. The van der Waals surface area contributed by atoms with Gasteiger partial charge < -0.3 is 9.72 Å². The molecule has 0 unspecified atom stereocenters. The Morgan fingerprint density at radius 1 is 1.04 bits per heavy atom. The molecule has 0 saturated carbocycles. The topological polar surface area (TPSA) is 51.3 Å². The molecule has 124 valence electrons. The lowest BCUT2D eigenvalue weighted by atomic mass is 10.2. The molecule has 5 nitrogen and oxygen atoms in total. The molecule has 0 bridgehead atoms. The quantitative estimate of drug-likeness (QED) is 0.624. The van der Waals surface area contributed by atoms with Crippen molar-refractivity contribution in [3.63, 3.8) is 0 Å². The molecule has 0 saturated heterocycles. The minimum atomic E-state index is -0.0882. The summed E-state index contributed by atoms with van der Waals surface area (Å²) in [6.45, 7) is 0.503. The van der Waals surface area contributed by atoms with Crippen LogP contribution in [0.5, 0.6) is 0 Å². The van der Waals surface area contributed by atoms with Gasteiger partial charge in [-0.25, -0.2) is 0 Å². The van der Waals surface area contributed by atoms with Crippen LogP contribution in [0, 0.1) is 0 Å². The van der Waals surface area contributed by atoms with E-state index in [9.17, 15) is 4.79 Å². The van der Waals surface area contributed by atoms with Crippen molar-refractivity contribution in [3.8, 4) is 11.4 Å². The van der Waals surface area contributed by atoms with Crippen LogP contribution in [-0.2, 0) is 13.6 Å². The number of benzene rings is 1. The summed E-state index contributed by atoms with van der Waals surface area (Å²) < 4.78 is 3.76. The first-order valence-electron chi connectivity index (χ1n) is 8.14. The number of rotatable bonds is 4. The minimum absolute atomic E-state index is 0.0882. The van der Waals surface area contributed by atoms with Crippen molar-refractivity contribution in [3.05, 3.63) is 84.2 Å². The average molecular weight is 330 g/mol. The number of aromatic nitrogens is 3. The zero-order chi connectivity index (χ0) is 17.2. The Bertz CT molecular complexity index is 1030. The van der Waals surface area contributed by atoms with E-state index in [4.69, 9.17) is 0 Å². The molecule has 25 heavy (non-hydrogen) atoms. The lowest BCUT2D eigenvalue weighted by molar-refractivity contribution is 0.0952. The SMILES string of the molecule is Cn1ccc(-c2cc(C(=O)NCc3ccccc3)c3ccccn23)n1. The molecule has 1 aromatic carbocycles. The number of pyridine rings is 1. The number of nitrogens with zero attached hydrogens (tertiary/aromatic N) is 3. The number of hydrogen-bond donors (Lipinski definition) is 1. The standard InChI is InChI=1S/C20H18N4O/c1-23-12-10-17(22-23)19-13-16(18-9-5-6-11-24(18)19)20(25)21-14-15-7-3-2-4-8-15/h2-13H,14H2,1H3,(H,21,25). The highest BCUT2D eigenvalue weighted by atomic mass is 16.1. The van der Waals surface area contributed by atoms with Gasteiger partial charge in [-0.05, 0) is 29.8 Å². The number of carbonyl (C=O) groups excluding carboxylic acids is 1. The first kappa shape index (κ1) is 15.2. The number of nitrogens with one attached hydrogen (secondary N) is 1. The molecule has 0 radical (unpaired) electrons. The van der Waals surface area contributed by atoms with Crippen molar-refractivity contribution in [1.29, 1.82) is 0 Å². The van der Waals surface area contributed by atoms with E-state index in [0.29, 0.717) is 12.1 Å². The highest BCUT2D eigenvalue weighted by Crippen LogP contribution is 2.25. The van der Waals surface area contributed by atoms with E-state index in [1.165, 1.54) is 0 Å². The van der Waals surface area contributed by atoms with Crippen LogP contribution < -0.4 is 5.32 Å². The van der Waals surface area contributed by atoms with Crippen molar-refractivity contribution >= 4 is 11.4 Å². The second-order valence-electron chi connectivity index (χ2n) is 5.94. The summed E-state index contributed by atoms with van der Waals surface area (Å²) >= 11 is 0. The van der Waals surface area contributed by atoms with E-state index in [2.05, 4.69) is 10.4 Å². The van der Waals surface area contributed by atoms with Gasteiger partial charge in [-0.2, -0.15) is 5.10 Å². The highest BCUT2D eigenvalue weighted by molar-refractivity contribution is 6.02. The number of hydrogen-bond acceptors (Lipinski definition) is 2. The molecule has 4 aromatic rings. The monoisotopic (exact) mass is 330 g/mol. The maximum Gasteiger partial charge on any atom is 0.253 e. The van der Waals surface area contributed by atoms with Crippen molar-refractivity contribution in [1.82, 2.24) is 19.5 Å². The third kappa shape index (κ3) is 2.92. The summed E-state index contributed by atoms with van der Waals surface area (Å²) in [5.74, 6) is -0.0882. The maximum absolute atomic E-state index is 12.7. The van der Waals surface area contributed by atoms with Gasteiger partial charge in [0.05, 0.1) is 16.8 Å². The van der Waals surface area contributed by atoms with E-state index in [0.717, 1.165) is 22.5 Å². The van der Waals surface area contributed by atoms with Crippen LogP contribution in [-0.4, -0.2) is 20.1 Å². The molecule has 0 spiro atoms. The number of amides is 1. The van der Waals surface area contributed by atoms with Crippen LogP contribution in [0.15, 0.2) is 73.1 Å². The van der Waals surface area contributed by atoms with Gasteiger partial charge in [-0.15, -0.1) is 0 Å². The zero-order valence-electron chi connectivity index (χ0n) is 13.9. The molecule has 1 N–H and O–H groups in total. The van der Waals surface area contributed by atoms with Crippen molar-refractivity contribution in [2.75, 3.05) is 0 Å². The highest BCUT2D eigenvalue weighted by Gasteiger charge is 2.17. The lowest BCUT2D eigenvalue weighted by Gasteiger charge is -2.04. The molecular formula is C20H18N4O. The summed E-state index contributed by atoms with van der Waals surface area (Å²) in [4.78, 5) is 12.7. The van der Waals surface area contributed by atoms with E-state index in [1.54, 1.807) is 4.68 Å². The van der Waals surface area contributed by atoms with Crippen LogP contribution in [0.3, 0.4) is 0 Å². The van der Waals surface area contributed by atoms with Gasteiger partial charge in [-0.1, -0.05) is 36.4 Å². The molecule has 3 heterocycles. The Hall–Kier alpha value is -3.34. The van der Waals surface area contributed by atoms with Gasteiger partial charge in [-0.3, -0.25) is 9.48 Å². The van der Waals surface area contributed by atoms with Gasteiger partial charge >= 0.3 is 0 Å². The molecule has 0 aliphatic rings. The predicted octanol–water partition coefficient (Wildman–Crippen LogP) is 3.27. The largest absolute Gasteiger partial charge is 0.348 e. The fraction of sp³-hybridized carbons (Fsp3) is 0.100. The molecule has 0 aliphatic heterocycles. The van der Waals surface area contributed by atoms with Crippen LogP contribution >= 0.6 is 0 Å².